The minimum Gasteiger partial charge on any atom is -0.475 e. The number of aliphatic carboxylic acids is 1. The molecule has 5 aromatic rings. The van der Waals surface area contributed by atoms with Crippen molar-refractivity contribution in [2.45, 2.75) is 31.6 Å². The van der Waals surface area contributed by atoms with Gasteiger partial charge in [-0.1, -0.05) is 42.2 Å². The van der Waals surface area contributed by atoms with E-state index in [0.29, 0.717) is 6.04 Å². The van der Waals surface area contributed by atoms with Crippen LogP contribution in [0.25, 0.3) is 21.1 Å². The lowest BCUT2D eigenvalue weighted by molar-refractivity contribution is -0.192. The Morgan fingerprint density at radius 1 is 1.18 bits per heavy atom. The van der Waals surface area contributed by atoms with E-state index in [1.807, 2.05) is 16.9 Å². The van der Waals surface area contributed by atoms with Gasteiger partial charge in [-0.15, -0.1) is 11.3 Å². The first-order valence-electron chi connectivity index (χ1n) is 12.3. The minimum atomic E-state index is -5.08. The van der Waals surface area contributed by atoms with Gasteiger partial charge in [-0.05, 0) is 49.2 Å². The highest BCUT2D eigenvalue weighted by Crippen LogP contribution is 2.30. The third kappa shape index (κ3) is 6.56. The molecule has 0 amide bonds. The number of benzene rings is 2. The molecule has 4 heterocycles. The molecule has 0 bridgehead atoms. The second kappa shape index (κ2) is 11.7. The summed E-state index contributed by atoms with van der Waals surface area (Å²) in [5.41, 5.74) is 3.30. The molecule has 3 N–H and O–H groups in total. The molecule has 0 radical (unpaired) electrons. The number of nitrogens with one attached hydrogen (secondary N) is 2. The van der Waals surface area contributed by atoms with Gasteiger partial charge in [0.2, 0.25) is 0 Å². The average molecular weight is 565 g/mol. The lowest BCUT2D eigenvalue weighted by Gasteiger charge is -2.08. The van der Waals surface area contributed by atoms with Crippen molar-refractivity contribution < 1.29 is 23.1 Å². The molecule has 0 spiro atoms. The number of fused-ring (bicyclic) bond motifs is 2. The van der Waals surface area contributed by atoms with E-state index in [1.165, 1.54) is 12.0 Å². The standard InChI is InChI=1S/C26H22N6S.C2HF3O2/c1-2-5-18(6-3-1)16-32-24-11-9-21(13-19(24)15-30-32)31-25-23-14-22(33-26(23)29-17-28-25)10-8-20-7-4-12-27-20;3-2(4,5)1(6)7/h1-3,5-6,9,11,13-15,17,20,27H,4,7,12,16H2,(H,28,29,31);(H,6,7). The monoisotopic (exact) mass is 564 g/mol. The van der Waals surface area contributed by atoms with Gasteiger partial charge in [-0.3, -0.25) is 4.68 Å². The second-order valence-electron chi connectivity index (χ2n) is 8.96. The van der Waals surface area contributed by atoms with Crippen LogP contribution in [0.15, 0.2) is 67.1 Å². The highest BCUT2D eigenvalue weighted by atomic mass is 32.1. The van der Waals surface area contributed by atoms with E-state index < -0.39 is 12.1 Å². The number of rotatable bonds is 4. The van der Waals surface area contributed by atoms with E-state index in [-0.39, 0.29) is 0 Å². The lowest BCUT2D eigenvalue weighted by Crippen LogP contribution is -2.21. The van der Waals surface area contributed by atoms with Crippen molar-refractivity contribution in [3.63, 3.8) is 0 Å². The summed E-state index contributed by atoms with van der Waals surface area (Å²) in [7, 11) is 0. The molecular weight excluding hydrogens is 541 g/mol. The van der Waals surface area contributed by atoms with Crippen LogP contribution in [0.2, 0.25) is 0 Å². The molecule has 1 saturated heterocycles. The van der Waals surface area contributed by atoms with Crippen LogP contribution >= 0.6 is 11.3 Å². The van der Waals surface area contributed by atoms with Gasteiger partial charge in [0.15, 0.2) is 0 Å². The molecular formula is C28H23F3N6O2S. The van der Waals surface area contributed by atoms with Gasteiger partial charge in [0.1, 0.15) is 17.0 Å². The Kier molecular flexibility index (Phi) is 7.95. The van der Waals surface area contributed by atoms with Crippen molar-refractivity contribution in [2.24, 2.45) is 0 Å². The number of carbonyl (C=O) groups is 1. The van der Waals surface area contributed by atoms with Crippen LogP contribution < -0.4 is 10.6 Å². The van der Waals surface area contributed by atoms with Gasteiger partial charge in [-0.2, -0.15) is 18.3 Å². The first kappa shape index (κ1) is 27.1. The van der Waals surface area contributed by atoms with Crippen molar-refractivity contribution in [3.8, 4) is 11.8 Å². The number of anilines is 2. The van der Waals surface area contributed by atoms with E-state index in [1.54, 1.807) is 17.7 Å². The number of hydrogen-bond donors (Lipinski definition) is 3. The summed E-state index contributed by atoms with van der Waals surface area (Å²) in [6.07, 6.45) is 0.747. The summed E-state index contributed by atoms with van der Waals surface area (Å²) in [5.74, 6) is 4.69. The Hall–Kier alpha value is -4.47. The zero-order valence-corrected chi connectivity index (χ0v) is 21.8. The van der Waals surface area contributed by atoms with Crippen LogP contribution in [0.4, 0.5) is 24.7 Å². The van der Waals surface area contributed by atoms with E-state index in [4.69, 9.17) is 9.90 Å². The Morgan fingerprint density at radius 2 is 1.98 bits per heavy atom. The van der Waals surface area contributed by atoms with Crippen molar-refractivity contribution in [1.29, 1.82) is 0 Å². The Balaban J connectivity index is 0.000000411. The maximum atomic E-state index is 10.6. The largest absolute Gasteiger partial charge is 0.490 e. The summed E-state index contributed by atoms with van der Waals surface area (Å²) < 4.78 is 33.8. The molecule has 1 fully saturated rings. The van der Waals surface area contributed by atoms with Crippen molar-refractivity contribution in [3.05, 3.63) is 77.6 Å². The average Bonchev–Trinajstić information content (AvgIpc) is 3.68. The highest BCUT2D eigenvalue weighted by molar-refractivity contribution is 7.19. The maximum Gasteiger partial charge on any atom is 0.490 e. The molecule has 8 nitrogen and oxygen atoms in total. The molecule has 6 rings (SSSR count). The van der Waals surface area contributed by atoms with Crippen LogP contribution in [-0.2, 0) is 11.3 Å². The smallest absolute Gasteiger partial charge is 0.475 e. The van der Waals surface area contributed by atoms with Crippen LogP contribution in [0.3, 0.4) is 0 Å². The normalized spacial score (nSPS) is 14.8. The number of aromatic nitrogens is 4. The summed E-state index contributed by atoms with van der Waals surface area (Å²) in [6.45, 7) is 1.81. The summed E-state index contributed by atoms with van der Waals surface area (Å²) in [6, 6.07) is 19.0. The topological polar surface area (TPSA) is 105 Å². The van der Waals surface area contributed by atoms with E-state index in [0.717, 1.165) is 57.0 Å². The number of thiophene rings is 1. The number of carboxylic acid groups (broad SMARTS) is 1. The number of halogens is 3. The quantitative estimate of drug-likeness (QED) is 0.245. The molecule has 1 aliphatic heterocycles. The van der Waals surface area contributed by atoms with Gasteiger partial charge in [-0.25, -0.2) is 14.8 Å². The number of nitrogens with zero attached hydrogens (tertiary/aromatic N) is 4. The molecule has 204 valence electrons. The van der Waals surface area contributed by atoms with Gasteiger partial charge >= 0.3 is 12.1 Å². The van der Waals surface area contributed by atoms with Gasteiger partial charge in [0.25, 0.3) is 0 Å². The Morgan fingerprint density at radius 3 is 2.70 bits per heavy atom. The lowest BCUT2D eigenvalue weighted by atomic mass is 10.2. The van der Waals surface area contributed by atoms with Crippen LogP contribution in [-0.4, -0.2) is 49.6 Å². The fraction of sp³-hybridized carbons (Fsp3) is 0.214. The summed E-state index contributed by atoms with van der Waals surface area (Å²) in [4.78, 5) is 19.8. The maximum absolute atomic E-state index is 10.6. The highest BCUT2D eigenvalue weighted by Gasteiger charge is 2.38. The zero-order chi connectivity index (χ0) is 28.1. The third-order valence-electron chi connectivity index (χ3n) is 6.08. The van der Waals surface area contributed by atoms with Crippen molar-refractivity contribution in [2.75, 3.05) is 11.9 Å². The van der Waals surface area contributed by atoms with Gasteiger partial charge < -0.3 is 15.7 Å². The van der Waals surface area contributed by atoms with Crippen LogP contribution in [0.5, 0.6) is 0 Å². The molecule has 1 aliphatic rings. The van der Waals surface area contributed by atoms with E-state index >= 15 is 0 Å². The first-order chi connectivity index (χ1) is 19.3. The predicted molar refractivity (Wildman–Crippen MR) is 148 cm³/mol. The summed E-state index contributed by atoms with van der Waals surface area (Å²) >= 11 is 1.61. The zero-order valence-electron chi connectivity index (χ0n) is 20.9. The Bertz CT molecular complexity index is 1700. The van der Waals surface area contributed by atoms with E-state index in [9.17, 15) is 13.2 Å². The van der Waals surface area contributed by atoms with Crippen LogP contribution in [0.1, 0.15) is 23.3 Å². The third-order valence-corrected chi connectivity index (χ3v) is 7.04. The fourth-order valence-corrected chi connectivity index (χ4v) is 5.03. The molecule has 0 aliphatic carbocycles. The number of hydrogen-bond acceptors (Lipinski definition) is 7. The predicted octanol–water partition coefficient (Wildman–Crippen LogP) is 5.57. The molecule has 2 aromatic carbocycles. The van der Waals surface area contributed by atoms with Gasteiger partial charge in [0.05, 0.1) is 34.6 Å². The molecule has 12 heteroatoms. The van der Waals surface area contributed by atoms with Gasteiger partial charge in [0, 0.05) is 11.1 Å². The van der Waals surface area contributed by atoms with Crippen molar-refractivity contribution in [1.82, 2.24) is 25.1 Å². The molecule has 1 unspecified atom stereocenters. The second-order valence-corrected chi connectivity index (χ2v) is 9.99. The number of carboxylic acids is 1. The summed E-state index contributed by atoms with van der Waals surface area (Å²) in [5, 5.41) is 20.7. The first-order valence-corrected chi connectivity index (χ1v) is 13.1. The molecule has 40 heavy (non-hydrogen) atoms. The van der Waals surface area contributed by atoms with Crippen molar-refractivity contribution >= 4 is 49.9 Å². The molecule has 1 atom stereocenters. The molecule has 3 aromatic heterocycles. The number of alkyl halides is 3. The SMILES string of the molecule is C(#CC1CCCN1)c1cc2c(Nc3ccc4c(cnn4Cc4ccccc4)c3)ncnc2s1.O=C(O)C(F)(F)F. The Labute approximate surface area is 230 Å². The minimum absolute atomic E-state index is 0.299. The van der Waals surface area contributed by atoms with E-state index in [2.05, 4.69) is 86.1 Å². The van der Waals surface area contributed by atoms with Crippen LogP contribution in [0, 0.1) is 11.8 Å². The molecule has 0 saturated carbocycles. The fourth-order valence-electron chi connectivity index (χ4n) is 4.17.